The van der Waals surface area contributed by atoms with Crippen LogP contribution in [0.4, 0.5) is 0 Å². The van der Waals surface area contributed by atoms with Gasteiger partial charge in [0.25, 0.3) is 0 Å². The third-order valence-electron chi connectivity index (χ3n) is 3.82. The second kappa shape index (κ2) is 11.5. The third-order valence-corrected chi connectivity index (χ3v) is 3.82. The summed E-state index contributed by atoms with van der Waals surface area (Å²) in [5, 5.41) is 6.22. The van der Waals surface area contributed by atoms with E-state index in [1.165, 1.54) is 5.56 Å². The number of halogens is 1. The van der Waals surface area contributed by atoms with Gasteiger partial charge in [-0.15, -0.1) is 12.4 Å². The molecular weight excluding hydrogens is 300 g/mol. The zero-order valence-corrected chi connectivity index (χ0v) is 13.9. The van der Waals surface area contributed by atoms with Crippen molar-refractivity contribution in [1.29, 1.82) is 0 Å². The third kappa shape index (κ3) is 7.25. The Kier molecular flexibility index (Phi) is 9.87. The average molecular weight is 327 g/mol. The van der Waals surface area contributed by atoms with Crippen LogP contribution in [0.3, 0.4) is 0 Å². The predicted octanol–water partition coefficient (Wildman–Crippen LogP) is 2.17. The number of rotatable bonds is 9. The van der Waals surface area contributed by atoms with Crippen molar-refractivity contribution in [2.45, 2.75) is 25.7 Å². The summed E-state index contributed by atoms with van der Waals surface area (Å²) in [6, 6.07) is 10.4. The number of carbonyl (C=O) groups is 1. The summed E-state index contributed by atoms with van der Waals surface area (Å²) < 4.78 is 5.62. The van der Waals surface area contributed by atoms with Crippen LogP contribution in [0.5, 0.6) is 0 Å². The predicted molar refractivity (Wildman–Crippen MR) is 91.4 cm³/mol. The van der Waals surface area contributed by atoms with Gasteiger partial charge < -0.3 is 15.4 Å². The molecule has 2 rings (SSSR count). The summed E-state index contributed by atoms with van der Waals surface area (Å²) in [6.07, 6.45) is 3.91. The van der Waals surface area contributed by atoms with Crippen molar-refractivity contribution < 1.29 is 9.53 Å². The maximum absolute atomic E-state index is 11.8. The minimum absolute atomic E-state index is 0. The van der Waals surface area contributed by atoms with Gasteiger partial charge in [0, 0.05) is 19.7 Å². The van der Waals surface area contributed by atoms with Gasteiger partial charge in [-0.2, -0.15) is 0 Å². The average Bonchev–Trinajstić information content (AvgIpc) is 3.05. The fraction of sp³-hybridized carbons (Fsp3) is 0.588. The van der Waals surface area contributed by atoms with Crippen molar-refractivity contribution in [2.75, 3.05) is 32.8 Å². The molecule has 1 aromatic rings. The molecule has 124 valence electrons. The van der Waals surface area contributed by atoms with Gasteiger partial charge >= 0.3 is 0 Å². The molecule has 4 nitrogen and oxygen atoms in total. The van der Waals surface area contributed by atoms with Crippen molar-refractivity contribution >= 4 is 18.3 Å². The van der Waals surface area contributed by atoms with Crippen LogP contribution in [-0.2, 0) is 16.0 Å². The van der Waals surface area contributed by atoms with Crippen LogP contribution in [0, 0.1) is 5.92 Å². The van der Waals surface area contributed by atoms with Gasteiger partial charge in [0.2, 0.25) is 5.91 Å². The largest absolute Gasteiger partial charge is 0.381 e. The molecule has 1 aliphatic rings. The Bertz CT molecular complexity index is 408. The van der Waals surface area contributed by atoms with E-state index >= 15 is 0 Å². The highest BCUT2D eigenvalue weighted by Crippen LogP contribution is 2.06. The van der Waals surface area contributed by atoms with E-state index in [1.807, 2.05) is 6.07 Å². The highest BCUT2D eigenvalue weighted by Gasteiger charge is 2.21. The van der Waals surface area contributed by atoms with Crippen LogP contribution < -0.4 is 10.6 Å². The number of nitrogens with one attached hydrogen (secondary N) is 2. The molecule has 1 fully saturated rings. The second-order valence-corrected chi connectivity index (χ2v) is 5.54. The second-order valence-electron chi connectivity index (χ2n) is 5.54. The first-order valence-corrected chi connectivity index (χ1v) is 7.96. The van der Waals surface area contributed by atoms with Gasteiger partial charge in [0.15, 0.2) is 0 Å². The first-order chi connectivity index (χ1) is 10.4. The lowest BCUT2D eigenvalue weighted by atomic mass is 10.1. The Morgan fingerprint density at radius 3 is 2.77 bits per heavy atom. The first-order valence-electron chi connectivity index (χ1n) is 7.96. The maximum atomic E-state index is 11.8. The van der Waals surface area contributed by atoms with Crippen LogP contribution in [0.15, 0.2) is 30.3 Å². The Morgan fingerprint density at radius 2 is 2.05 bits per heavy atom. The minimum Gasteiger partial charge on any atom is -0.381 e. The van der Waals surface area contributed by atoms with E-state index in [2.05, 4.69) is 34.9 Å². The SMILES string of the molecule is Cl.O=C(NCCCCOCCc1ccccc1)C1CCNC1. The van der Waals surface area contributed by atoms with Gasteiger partial charge in [0.05, 0.1) is 12.5 Å². The first kappa shape index (κ1) is 18.9. The molecule has 1 amide bonds. The Labute approximate surface area is 139 Å². The van der Waals surface area contributed by atoms with Crippen LogP contribution >= 0.6 is 12.4 Å². The summed E-state index contributed by atoms with van der Waals surface area (Å²) in [6.45, 7) is 4.09. The number of amides is 1. The Balaban J connectivity index is 0.00000242. The molecule has 1 aromatic carbocycles. The molecule has 0 saturated carbocycles. The van der Waals surface area contributed by atoms with Crippen molar-refractivity contribution in [1.82, 2.24) is 10.6 Å². The topological polar surface area (TPSA) is 50.4 Å². The number of carbonyl (C=O) groups excluding carboxylic acids is 1. The molecule has 1 heterocycles. The van der Waals surface area contributed by atoms with Crippen molar-refractivity contribution in [3.63, 3.8) is 0 Å². The van der Waals surface area contributed by atoms with Gasteiger partial charge in [-0.1, -0.05) is 30.3 Å². The standard InChI is InChI=1S/C17H26N2O2.ClH/c20-17(16-8-11-18-14-16)19-10-4-5-12-21-13-9-15-6-2-1-3-7-15;/h1-3,6-7,16,18H,4-5,8-14H2,(H,19,20);1H. The molecule has 0 radical (unpaired) electrons. The zero-order chi connectivity index (χ0) is 14.8. The van der Waals surface area contributed by atoms with E-state index in [0.717, 1.165) is 58.5 Å². The highest BCUT2D eigenvalue weighted by atomic mass is 35.5. The van der Waals surface area contributed by atoms with Crippen molar-refractivity contribution in [3.05, 3.63) is 35.9 Å². The molecule has 22 heavy (non-hydrogen) atoms. The van der Waals surface area contributed by atoms with E-state index in [9.17, 15) is 4.79 Å². The Morgan fingerprint density at radius 1 is 1.23 bits per heavy atom. The number of hydrogen-bond acceptors (Lipinski definition) is 3. The lowest BCUT2D eigenvalue weighted by Crippen LogP contribution is -2.32. The molecule has 2 N–H and O–H groups in total. The molecular formula is C17H27ClN2O2. The van der Waals surface area contributed by atoms with E-state index in [-0.39, 0.29) is 24.2 Å². The molecule has 1 atom stereocenters. The molecule has 1 aliphatic heterocycles. The fourth-order valence-corrected chi connectivity index (χ4v) is 2.50. The minimum atomic E-state index is 0. The highest BCUT2D eigenvalue weighted by molar-refractivity contribution is 5.85. The van der Waals surface area contributed by atoms with Gasteiger partial charge in [-0.25, -0.2) is 0 Å². The number of benzene rings is 1. The van der Waals surface area contributed by atoms with Crippen LogP contribution in [0.1, 0.15) is 24.8 Å². The summed E-state index contributed by atoms with van der Waals surface area (Å²) in [5.41, 5.74) is 1.31. The summed E-state index contributed by atoms with van der Waals surface area (Å²) in [5.74, 6) is 0.372. The molecule has 1 saturated heterocycles. The Hall–Kier alpha value is -1.10. The monoisotopic (exact) mass is 326 g/mol. The van der Waals surface area contributed by atoms with Crippen molar-refractivity contribution in [2.24, 2.45) is 5.92 Å². The molecule has 1 unspecified atom stereocenters. The summed E-state index contributed by atoms with van der Waals surface area (Å²) >= 11 is 0. The zero-order valence-electron chi connectivity index (χ0n) is 13.1. The van der Waals surface area contributed by atoms with Crippen LogP contribution in [-0.4, -0.2) is 38.8 Å². The normalized spacial score (nSPS) is 17.0. The summed E-state index contributed by atoms with van der Waals surface area (Å²) in [4.78, 5) is 11.8. The van der Waals surface area contributed by atoms with Crippen LogP contribution in [0.2, 0.25) is 0 Å². The molecule has 0 spiro atoms. The van der Waals surface area contributed by atoms with E-state index in [4.69, 9.17) is 4.74 Å². The lowest BCUT2D eigenvalue weighted by molar-refractivity contribution is -0.124. The fourth-order valence-electron chi connectivity index (χ4n) is 2.50. The smallest absolute Gasteiger partial charge is 0.224 e. The van der Waals surface area contributed by atoms with Gasteiger partial charge in [-0.3, -0.25) is 4.79 Å². The van der Waals surface area contributed by atoms with E-state index < -0.39 is 0 Å². The lowest BCUT2D eigenvalue weighted by Gasteiger charge is -2.09. The number of ether oxygens (including phenoxy) is 1. The number of unbranched alkanes of at least 4 members (excludes halogenated alkanes) is 1. The quantitative estimate of drug-likeness (QED) is 0.684. The molecule has 0 aliphatic carbocycles. The molecule has 0 bridgehead atoms. The molecule has 5 heteroatoms. The van der Waals surface area contributed by atoms with E-state index in [0.29, 0.717) is 0 Å². The van der Waals surface area contributed by atoms with Gasteiger partial charge in [0.1, 0.15) is 0 Å². The summed E-state index contributed by atoms with van der Waals surface area (Å²) in [7, 11) is 0. The van der Waals surface area contributed by atoms with Crippen molar-refractivity contribution in [3.8, 4) is 0 Å². The molecule has 0 aromatic heterocycles. The number of hydrogen-bond donors (Lipinski definition) is 2. The van der Waals surface area contributed by atoms with Crippen LogP contribution in [0.25, 0.3) is 0 Å². The maximum Gasteiger partial charge on any atom is 0.224 e. The van der Waals surface area contributed by atoms with Gasteiger partial charge in [-0.05, 0) is 37.8 Å². The van der Waals surface area contributed by atoms with E-state index in [1.54, 1.807) is 0 Å².